The Labute approximate surface area is 122 Å². The number of nitro benzene ring substituents is 1. The Hall–Kier alpha value is -1.10. The molecule has 19 heavy (non-hydrogen) atoms. The number of benzene rings is 1. The highest BCUT2D eigenvalue weighted by atomic mass is 79.9. The van der Waals surface area contributed by atoms with Crippen LogP contribution in [0.25, 0.3) is 0 Å². The molecular weight excluding hydrogens is 310 g/mol. The van der Waals surface area contributed by atoms with Crippen molar-refractivity contribution >= 4 is 21.6 Å². The first-order chi connectivity index (χ1) is 8.86. The maximum absolute atomic E-state index is 11.0. The molecule has 106 valence electrons. The van der Waals surface area contributed by atoms with E-state index in [1.54, 1.807) is 12.1 Å². The summed E-state index contributed by atoms with van der Waals surface area (Å²) in [7, 11) is 0. The summed E-state index contributed by atoms with van der Waals surface area (Å²) < 4.78 is 5.55. The lowest BCUT2D eigenvalue weighted by molar-refractivity contribution is -0.386. The van der Waals surface area contributed by atoms with E-state index in [9.17, 15) is 10.1 Å². The molecule has 1 aromatic carbocycles. The number of ether oxygens (including phenoxy) is 1. The van der Waals surface area contributed by atoms with E-state index in [0.717, 1.165) is 12.0 Å². The molecule has 1 rings (SSSR count). The van der Waals surface area contributed by atoms with Crippen LogP contribution in [0.15, 0.2) is 18.2 Å². The maximum Gasteiger partial charge on any atom is 0.310 e. The summed E-state index contributed by atoms with van der Waals surface area (Å²) in [6, 6.07) is 5.12. The first kappa shape index (κ1) is 16.0. The summed E-state index contributed by atoms with van der Waals surface area (Å²) in [4.78, 5) is 10.9. The normalized spacial score (nSPS) is 14.2. The monoisotopic (exact) mass is 329 g/mol. The van der Waals surface area contributed by atoms with Crippen molar-refractivity contribution in [2.24, 2.45) is 0 Å². The lowest BCUT2D eigenvalue weighted by Gasteiger charge is -2.18. The molecule has 0 saturated carbocycles. The molecule has 0 amide bonds. The molecule has 0 saturated heterocycles. The van der Waals surface area contributed by atoms with Crippen LogP contribution in [0.2, 0.25) is 0 Å². The van der Waals surface area contributed by atoms with Crippen molar-refractivity contribution in [2.75, 3.05) is 0 Å². The molecular formula is C14H20BrNO3. The van der Waals surface area contributed by atoms with E-state index in [1.165, 1.54) is 6.07 Å². The number of nitrogens with zero attached hydrogens (tertiary/aromatic N) is 1. The summed E-state index contributed by atoms with van der Waals surface area (Å²) in [6.45, 7) is 7.92. The van der Waals surface area contributed by atoms with Crippen LogP contribution in [0, 0.1) is 10.1 Å². The topological polar surface area (TPSA) is 52.4 Å². The van der Waals surface area contributed by atoms with Crippen molar-refractivity contribution in [3.8, 4) is 5.75 Å². The minimum absolute atomic E-state index is 0.0206. The van der Waals surface area contributed by atoms with Crippen molar-refractivity contribution in [3.63, 3.8) is 0 Å². The van der Waals surface area contributed by atoms with Crippen molar-refractivity contribution in [3.05, 3.63) is 33.9 Å². The van der Waals surface area contributed by atoms with Gasteiger partial charge in [-0.25, -0.2) is 0 Å². The van der Waals surface area contributed by atoms with Gasteiger partial charge in [-0.3, -0.25) is 10.1 Å². The third-order valence-corrected chi connectivity index (χ3v) is 4.44. The Balaban J connectivity index is 3.14. The highest BCUT2D eigenvalue weighted by Gasteiger charge is 2.21. The van der Waals surface area contributed by atoms with Crippen molar-refractivity contribution in [1.29, 1.82) is 0 Å². The van der Waals surface area contributed by atoms with Crippen molar-refractivity contribution in [2.45, 2.75) is 51.0 Å². The standard InChI is InChI=1S/C14H20BrNO3/c1-5-12(15)10(4)11-6-7-13(16(17)18)14(8-11)19-9(2)3/h6-10,12H,5H2,1-4H3. The molecule has 4 nitrogen and oxygen atoms in total. The summed E-state index contributed by atoms with van der Waals surface area (Å²) in [5.74, 6) is 0.625. The molecule has 0 aliphatic rings. The molecule has 1 aromatic rings. The summed E-state index contributed by atoms with van der Waals surface area (Å²) in [6.07, 6.45) is 0.911. The second kappa shape index (κ2) is 6.89. The van der Waals surface area contributed by atoms with E-state index in [-0.39, 0.29) is 17.7 Å². The maximum atomic E-state index is 11.0. The Kier molecular flexibility index (Phi) is 5.79. The van der Waals surface area contributed by atoms with Crippen LogP contribution >= 0.6 is 15.9 Å². The second-order valence-corrected chi connectivity index (χ2v) is 6.04. The molecule has 0 aliphatic carbocycles. The van der Waals surface area contributed by atoms with Gasteiger partial charge in [0, 0.05) is 10.9 Å². The number of alkyl halides is 1. The zero-order valence-electron chi connectivity index (χ0n) is 11.7. The van der Waals surface area contributed by atoms with E-state index >= 15 is 0 Å². The predicted octanol–water partition coefficient (Wildman–Crippen LogP) is 4.66. The van der Waals surface area contributed by atoms with Gasteiger partial charge in [0.05, 0.1) is 11.0 Å². The zero-order valence-corrected chi connectivity index (χ0v) is 13.3. The van der Waals surface area contributed by atoms with E-state index in [0.29, 0.717) is 10.6 Å². The fraction of sp³-hybridized carbons (Fsp3) is 0.571. The molecule has 0 spiro atoms. The van der Waals surface area contributed by atoms with Gasteiger partial charge in [0.15, 0.2) is 5.75 Å². The SMILES string of the molecule is CCC(Br)C(C)c1ccc([N+](=O)[O-])c(OC(C)C)c1. The van der Waals surface area contributed by atoms with Gasteiger partial charge >= 0.3 is 5.69 Å². The number of hydrogen-bond donors (Lipinski definition) is 0. The summed E-state index contributed by atoms with van der Waals surface area (Å²) in [5, 5.41) is 11.0. The van der Waals surface area contributed by atoms with Crippen LogP contribution in [-0.4, -0.2) is 15.9 Å². The van der Waals surface area contributed by atoms with E-state index in [2.05, 4.69) is 29.8 Å². The van der Waals surface area contributed by atoms with Gasteiger partial charge in [0.2, 0.25) is 0 Å². The highest BCUT2D eigenvalue weighted by Crippen LogP contribution is 2.34. The van der Waals surface area contributed by atoms with Gasteiger partial charge in [-0.2, -0.15) is 0 Å². The van der Waals surface area contributed by atoms with Gasteiger partial charge in [0.25, 0.3) is 0 Å². The lowest BCUT2D eigenvalue weighted by Crippen LogP contribution is -2.11. The molecule has 0 N–H and O–H groups in total. The highest BCUT2D eigenvalue weighted by molar-refractivity contribution is 9.09. The minimum Gasteiger partial charge on any atom is -0.484 e. The number of hydrogen-bond acceptors (Lipinski definition) is 3. The largest absolute Gasteiger partial charge is 0.484 e. The Morgan fingerprint density at radius 3 is 2.47 bits per heavy atom. The minimum atomic E-state index is -0.405. The van der Waals surface area contributed by atoms with E-state index in [1.807, 2.05) is 13.8 Å². The fourth-order valence-corrected chi connectivity index (χ4v) is 2.18. The molecule has 5 heteroatoms. The number of rotatable bonds is 6. The lowest BCUT2D eigenvalue weighted by atomic mass is 9.96. The third kappa shape index (κ3) is 4.20. The Bertz CT molecular complexity index is 448. The molecule has 2 atom stereocenters. The third-order valence-electron chi connectivity index (χ3n) is 3.00. The molecule has 2 unspecified atom stereocenters. The summed E-state index contributed by atoms with van der Waals surface area (Å²) >= 11 is 3.63. The van der Waals surface area contributed by atoms with Crippen molar-refractivity contribution in [1.82, 2.24) is 0 Å². The molecule has 0 aliphatic heterocycles. The van der Waals surface area contributed by atoms with Crippen LogP contribution < -0.4 is 4.74 Å². The molecule has 0 radical (unpaired) electrons. The predicted molar refractivity (Wildman–Crippen MR) is 80.3 cm³/mol. The molecule has 0 aromatic heterocycles. The molecule has 0 bridgehead atoms. The first-order valence-electron chi connectivity index (χ1n) is 6.45. The second-order valence-electron chi connectivity index (χ2n) is 4.86. The number of halogens is 1. The van der Waals surface area contributed by atoms with Crippen LogP contribution in [0.5, 0.6) is 5.75 Å². The van der Waals surface area contributed by atoms with E-state index in [4.69, 9.17) is 4.74 Å². The quantitative estimate of drug-likeness (QED) is 0.433. The van der Waals surface area contributed by atoms with Crippen LogP contribution in [0.4, 0.5) is 5.69 Å². The van der Waals surface area contributed by atoms with Crippen LogP contribution in [0.1, 0.15) is 45.6 Å². The fourth-order valence-electron chi connectivity index (χ4n) is 1.88. The van der Waals surface area contributed by atoms with Gasteiger partial charge in [-0.15, -0.1) is 0 Å². The first-order valence-corrected chi connectivity index (χ1v) is 7.37. The van der Waals surface area contributed by atoms with E-state index < -0.39 is 4.92 Å². The van der Waals surface area contributed by atoms with Gasteiger partial charge < -0.3 is 4.74 Å². The molecule has 0 heterocycles. The van der Waals surface area contributed by atoms with Crippen molar-refractivity contribution < 1.29 is 9.66 Å². The summed E-state index contributed by atoms with van der Waals surface area (Å²) in [5.41, 5.74) is 1.07. The van der Waals surface area contributed by atoms with Crippen LogP contribution in [-0.2, 0) is 0 Å². The van der Waals surface area contributed by atoms with Gasteiger partial charge in [-0.05, 0) is 37.8 Å². The van der Waals surface area contributed by atoms with Crippen LogP contribution in [0.3, 0.4) is 0 Å². The van der Waals surface area contributed by atoms with Gasteiger partial charge in [0.1, 0.15) is 0 Å². The number of nitro groups is 1. The molecule has 0 fully saturated rings. The average Bonchev–Trinajstić information content (AvgIpc) is 2.35. The Morgan fingerprint density at radius 1 is 1.37 bits per heavy atom. The Morgan fingerprint density at radius 2 is 2.00 bits per heavy atom. The average molecular weight is 330 g/mol. The zero-order chi connectivity index (χ0) is 14.6. The smallest absolute Gasteiger partial charge is 0.310 e. The van der Waals surface area contributed by atoms with Gasteiger partial charge in [-0.1, -0.05) is 35.8 Å².